The molecule has 0 aliphatic carbocycles. The summed E-state index contributed by atoms with van der Waals surface area (Å²) in [6.07, 6.45) is 3.01. The summed E-state index contributed by atoms with van der Waals surface area (Å²) in [4.78, 5) is 0. The third-order valence-corrected chi connectivity index (χ3v) is 2.53. The zero-order valence-electron chi connectivity index (χ0n) is 9.52. The van der Waals surface area contributed by atoms with Crippen LogP contribution < -0.4 is 0 Å². The summed E-state index contributed by atoms with van der Waals surface area (Å²) in [5.74, 6) is 0. The van der Waals surface area contributed by atoms with E-state index >= 15 is 0 Å². The Morgan fingerprint density at radius 2 is 2.00 bits per heavy atom. The van der Waals surface area contributed by atoms with Gasteiger partial charge in [0.1, 0.15) is 0 Å². The molecule has 0 saturated heterocycles. The van der Waals surface area contributed by atoms with Crippen molar-refractivity contribution in [3.8, 4) is 0 Å². The van der Waals surface area contributed by atoms with Gasteiger partial charge in [0.15, 0.2) is 0 Å². The highest BCUT2D eigenvalue weighted by Crippen LogP contribution is 2.19. The molecule has 0 nitrogen and oxygen atoms in total. The SMILES string of the molecule is CC=C=C(CC)c1ccc(C)c(C)c1. The molecule has 0 bridgehead atoms. The van der Waals surface area contributed by atoms with Crippen molar-refractivity contribution in [1.29, 1.82) is 0 Å². The Kier molecular flexibility index (Phi) is 3.73. The van der Waals surface area contributed by atoms with Crippen molar-refractivity contribution < 1.29 is 0 Å². The lowest BCUT2D eigenvalue weighted by Gasteiger charge is -2.05. The summed E-state index contributed by atoms with van der Waals surface area (Å²) in [5.41, 5.74) is 8.58. The Labute approximate surface area is 87.0 Å². The topological polar surface area (TPSA) is 0 Å². The number of hydrogen-bond acceptors (Lipinski definition) is 0. The molecular formula is C14H18. The highest BCUT2D eigenvalue weighted by atomic mass is 14.0. The molecule has 14 heavy (non-hydrogen) atoms. The van der Waals surface area contributed by atoms with Crippen molar-refractivity contribution >= 4 is 5.57 Å². The van der Waals surface area contributed by atoms with Crippen LogP contribution in [0, 0.1) is 13.8 Å². The largest absolute Gasteiger partial charge is 0.121 e. The van der Waals surface area contributed by atoms with Crippen LogP contribution in [0.25, 0.3) is 5.57 Å². The highest BCUT2D eigenvalue weighted by molar-refractivity contribution is 5.65. The average molecular weight is 186 g/mol. The zero-order valence-corrected chi connectivity index (χ0v) is 9.52. The van der Waals surface area contributed by atoms with Gasteiger partial charge >= 0.3 is 0 Å². The average Bonchev–Trinajstić information content (AvgIpc) is 2.19. The second-order valence-electron chi connectivity index (χ2n) is 3.56. The highest BCUT2D eigenvalue weighted by Gasteiger charge is 1.99. The third kappa shape index (κ3) is 2.37. The Morgan fingerprint density at radius 3 is 2.50 bits per heavy atom. The monoisotopic (exact) mass is 186 g/mol. The van der Waals surface area contributed by atoms with Gasteiger partial charge < -0.3 is 0 Å². The van der Waals surface area contributed by atoms with Crippen molar-refractivity contribution in [2.24, 2.45) is 0 Å². The van der Waals surface area contributed by atoms with Crippen LogP contribution in [-0.2, 0) is 0 Å². The lowest BCUT2D eigenvalue weighted by molar-refractivity contribution is 1.23. The molecule has 74 valence electrons. The van der Waals surface area contributed by atoms with Gasteiger partial charge in [-0.2, -0.15) is 0 Å². The van der Waals surface area contributed by atoms with E-state index in [0.717, 1.165) is 6.42 Å². The summed E-state index contributed by atoms with van der Waals surface area (Å²) in [7, 11) is 0. The fourth-order valence-corrected chi connectivity index (χ4v) is 1.49. The number of allylic oxidation sites excluding steroid dienone is 1. The van der Waals surface area contributed by atoms with Crippen molar-refractivity contribution in [1.82, 2.24) is 0 Å². The molecule has 0 aliphatic rings. The van der Waals surface area contributed by atoms with Gasteiger partial charge in [-0.3, -0.25) is 0 Å². The van der Waals surface area contributed by atoms with Crippen LogP contribution in [0.4, 0.5) is 0 Å². The van der Waals surface area contributed by atoms with Gasteiger partial charge in [-0.25, -0.2) is 0 Å². The van der Waals surface area contributed by atoms with Gasteiger partial charge in [0.05, 0.1) is 0 Å². The van der Waals surface area contributed by atoms with Crippen molar-refractivity contribution in [3.63, 3.8) is 0 Å². The molecule has 1 aromatic rings. The summed E-state index contributed by atoms with van der Waals surface area (Å²) >= 11 is 0. The van der Waals surface area contributed by atoms with Crippen LogP contribution in [0.2, 0.25) is 0 Å². The van der Waals surface area contributed by atoms with Crippen molar-refractivity contribution in [2.45, 2.75) is 34.1 Å². The lowest BCUT2D eigenvalue weighted by Crippen LogP contribution is -1.86. The Morgan fingerprint density at radius 1 is 1.29 bits per heavy atom. The molecule has 0 N–H and O–H groups in total. The lowest BCUT2D eigenvalue weighted by atomic mass is 9.99. The van der Waals surface area contributed by atoms with E-state index in [1.54, 1.807) is 0 Å². The molecule has 0 atom stereocenters. The van der Waals surface area contributed by atoms with E-state index in [1.165, 1.54) is 22.3 Å². The Hall–Kier alpha value is -1.26. The van der Waals surface area contributed by atoms with E-state index in [0.29, 0.717) is 0 Å². The van der Waals surface area contributed by atoms with Crippen LogP contribution in [0.5, 0.6) is 0 Å². The third-order valence-electron chi connectivity index (χ3n) is 2.53. The number of aryl methyl sites for hydroxylation is 2. The van der Waals surface area contributed by atoms with Crippen molar-refractivity contribution in [3.05, 3.63) is 46.7 Å². The Bertz CT molecular complexity index is 377. The summed E-state index contributed by atoms with van der Waals surface area (Å²) < 4.78 is 0. The molecule has 0 heteroatoms. The van der Waals surface area contributed by atoms with E-state index in [2.05, 4.69) is 44.7 Å². The molecule has 1 rings (SSSR count). The maximum Gasteiger partial charge on any atom is 0.000592 e. The van der Waals surface area contributed by atoms with Gasteiger partial charge in [-0.15, -0.1) is 5.73 Å². The summed E-state index contributed by atoms with van der Waals surface area (Å²) in [6.45, 7) is 8.48. The standard InChI is InChI=1S/C14H18/c1-5-7-13(6-2)14-9-8-11(3)12(4)10-14/h5,8-10H,6H2,1-4H3. The van der Waals surface area contributed by atoms with Gasteiger partial charge in [-0.05, 0) is 50.0 Å². The van der Waals surface area contributed by atoms with E-state index in [1.807, 2.05) is 13.0 Å². The van der Waals surface area contributed by atoms with E-state index < -0.39 is 0 Å². The first-order chi connectivity index (χ1) is 6.69. The second kappa shape index (κ2) is 4.83. The van der Waals surface area contributed by atoms with Crippen LogP contribution >= 0.6 is 0 Å². The minimum atomic E-state index is 1.03. The van der Waals surface area contributed by atoms with Crippen LogP contribution in [0.1, 0.15) is 37.0 Å². The molecule has 0 aromatic heterocycles. The number of hydrogen-bond donors (Lipinski definition) is 0. The number of rotatable bonds is 2. The molecule has 0 fully saturated rings. The molecule has 0 radical (unpaired) electrons. The fraction of sp³-hybridized carbons (Fsp3) is 0.357. The van der Waals surface area contributed by atoms with Gasteiger partial charge in [0.2, 0.25) is 0 Å². The fourth-order valence-electron chi connectivity index (χ4n) is 1.49. The first-order valence-electron chi connectivity index (χ1n) is 5.16. The second-order valence-corrected chi connectivity index (χ2v) is 3.56. The molecular weight excluding hydrogens is 168 g/mol. The quantitative estimate of drug-likeness (QED) is 0.605. The van der Waals surface area contributed by atoms with Crippen LogP contribution in [0.3, 0.4) is 0 Å². The van der Waals surface area contributed by atoms with Gasteiger partial charge in [0.25, 0.3) is 0 Å². The van der Waals surface area contributed by atoms with Crippen molar-refractivity contribution in [2.75, 3.05) is 0 Å². The van der Waals surface area contributed by atoms with E-state index in [-0.39, 0.29) is 0 Å². The zero-order chi connectivity index (χ0) is 10.6. The first kappa shape index (κ1) is 10.8. The molecule has 1 aromatic carbocycles. The molecule has 0 saturated carbocycles. The maximum atomic E-state index is 3.29. The van der Waals surface area contributed by atoms with E-state index in [4.69, 9.17) is 0 Å². The predicted octanol–water partition coefficient (Wildman–Crippen LogP) is 4.27. The smallest absolute Gasteiger partial charge is 0.000592 e. The molecule has 0 unspecified atom stereocenters. The molecule has 0 spiro atoms. The number of benzene rings is 1. The Balaban J connectivity index is 3.19. The summed E-state index contributed by atoms with van der Waals surface area (Å²) in [5, 5.41) is 0. The minimum Gasteiger partial charge on any atom is -0.121 e. The molecule has 0 heterocycles. The maximum absolute atomic E-state index is 3.29. The molecule has 0 aliphatic heterocycles. The minimum absolute atomic E-state index is 1.03. The normalized spacial score (nSPS) is 9.43. The van der Waals surface area contributed by atoms with Crippen LogP contribution in [0.15, 0.2) is 30.0 Å². The van der Waals surface area contributed by atoms with Gasteiger partial charge in [0, 0.05) is 5.57 Å². The van der Waals surface area contributed by atoms with Gasteiger partial charge in [-0.1, -0.05) is 25.1 Å². The van der Waals surface area contributed by atoms with Crippen LogP contribution in [-0.4, -0.2) is 0 Å². The first-order valence-corrected chi connectivity index (χ1v) is 5.16. The van der Waals surface area contributed by atoms with E-state index in [9.17, 15) is 0 Å². The summed E-state index contributed by atoms with van der Waals surface area (Å²) in [6, 6.07) is 6.60. The molecule has 0 amide bonds. The predicted molar refractivity (Wildman–Crippen MR) is 63.4 cm³/mol.